The van der Waals surface area contributed by atoms with Crippen LogP contribution in [0.15, 0.2) is 22.6 Å². The summed E-state index contributed by atoms with van der Waals surface area (Å²) in [5.74, 6) is 1.64. The second-order valence-electron chi connectivity index (χ2n) is 3.51. The Bertz CT molecular complexity index is 508. The monoisotopic (exact) mass is 233 g/mol. The van der Waals surface area contributed by atoms with Gasteiger partial charge in [0.2, 0.25) is 5.89 Å². The quantitative estimate of drug-likeness (QED) is 0.820. The lowest BCUT2D eigenvalue weighted by Gasteiger charge is -2.09. The van der Waals surface area contributed by atoms with Crippen molar-refractivity contribution in [2.45, 2.75) is 20.3 Å². The number of ether oxygens (including phenoxy) is 1. The summed E-state index contributed by atoms with van der Waals surface area (Å²) in [7, 11) is 0. The van der Waals surface area contributed by atoms with Gasteiger partial charge in [-0.25, -0.2) is 0 Å². The van der Waals surface area contributed by atoms with Gasteiger partial charge < -0.3 is 14.9 Å². The summed E-state index contributed by atoms with van der Waals surface area (Å²) >= 11 is 0. The predicted molar refractivity (Wildman–Crippen MR) is 64.7 cm³/mol. The molecule has 0 saturated heterocycles. The molecular weight excluding hydrogens is 218 g/mol. The molecule has 0 atom stereocenters. The summed E-state index contributed by atoms with van der Waals surface area (Å²) in [4.78, 5) is 0. The molecule has 0 unspecified atom stereocenters. The molecule has 2 rings (SSSR count). The van der Waals surface area contributed by atoms with E-state index in [-0.39, 0.29) is 0 Å². The van der Waals surface area contributed by atoms with E-state index in [1.807, 2.05) is 26.0 Å². The normalized spacial score (nSPS) is 10.5. The fourth-order valence-corrected chi connectivity index (χ4v) is 1.53. The van der Waals surface area contributed by atoms with E-state index in [9.17, 15) is 0 Å². The second kappa shape index (κ2) is 4.86. The summed E-state index contributed by atoms with van der Waals surface area (Å²) in [5.41, 5.74) is 7.17. The fourth-order valence-electron chi connectivity index (χ4n) is 1.53. The molecule has 0 radical (unpaired) electrons. The van der Waals surface area contributed by atoms with Gasteiger partial charge >= 0.3 is 0 Å². The van der Waals surface area contributed by atoms with Crippen molar-refractivity contribution in [1.29, 1.82) is 0 Å². The van der Waals surface area contributed by atoms with Crippen molar-refractivity contribution in [1.82, 2.24) is 10.2 Å². The number of rotatable bonds is 4. The summed E-state index contributed by atoms with van der Waals surface area (Å²) in [6.07, 6.45) is 0.708. The van der Waals surface area contributed by atoms with Crippen LogP contribution in [-0.4, -0.2) is 16.8 Å². The maximum absolute atomic E-state index is 5.87. The van der Waals surface area contributed by atoms with Crippen molar-refractivity contribution < 1.29 is 9.15 Å². The smallest absolute Gasteiger partial charge is 0.251 e. The minimum absolute atomic E-state index is 0.442. The number of benzene rings is 1. The molecule has 2 N–H and O–H groups in total. The molecule has 2 aromatic rings. The van der Waals surface area contributed by atoms with Gasteiger partial charge in [-0.05, 0) is 19.1 Å². The van der Waals surface area contributed by atoms with Crippen LogP contribution in [0.4, 0.5) is 5.69 Å². The van der Waals surface area contributed by atoms with Crippen LogP contribution in [0.3, 0.4) is 0 Å². The highest BCUT2D eigenvalue weighted by Crippen LogP contribution is 2.34. The minimum Gasteiger partial charge on any atom is -0.491 e. The van der Waals surface area contributed by atoms with Gasteiger partial charge in [0.05, 0.1) is 17.9 Å². The van der Waals surface area contributed by atoms with Gasteiger partial charge in [-0.3, -0.25) is 0 Å². The van der Waals surface area contributed by atoms with Gasteiger partial charge in [0.25, 0.3) is 5.89 Å². The van der Waals surface area contributed by atoms with E-state index in [4.69, 9.17) is 14.9 Å². The van der Waals surface area contributed by atoms with E-state index in [2.05, 4.69) is 10.2 Å². The minimum atomic E-state index is 0.442. The molecule has 5 heteroatoms. The van der Waals surface area contributed by atoms with Gasteiger partial charge in [-0.2, -0.15) is 0 Å². The molecule has 0 aliphatic rings. The molecule has 0 aliphatic carbocycles. The zero-order valence-electron chi connectivity index (χ0n) is 9.93. The standard InChI is InChI=1S/C12H15N3O2/c1-3-10-14-15-12(17-10)8-6-5-7-9(13)11(8)16-4-2/h5-7H,3-4,13H2,1-2H3. The first kappa shape index (κ1) is 11.4. The molecule has 1 aromatic heterocycles. The van der Waals surface area contributed by atoms with E-state index >= 15 is 0 Å². The highest BCUT2D eigenvalue weighted by Gasteiger charge is 2.15. The molecule has 90 valence electrons. The van der Waals surface area contributed by atoms with Crippen molar-refractivity contribution in [3.05, 3.63) is 24.1 Å². The number of aryl methyl sites for hydroxylation is 1. The van der Waals surface area contributed by atoms with Crippen LogP contribution >= 0.6 is 0 Å². The number of nitrogens with zero attached hydrogens (tertiary/aromatic N) is 2. The SMILES string of the molecule is CCOc1c(N)cccc1-c1nnc(CC)o1. The fraction of sp³-hybridized carbons (Fsp3) is 0.333. The molecule has 17 heavy (non-hydrogen) atoms. The molecule has 1 aromatic carbocycles. The van der Waals surface area contributed by atoms with Crippen molar-refractivity contribution >= 4 is 5.69 Å². The Kier molecular flexibility index (Phi) is 3.27. The third kappa shape index (κ3) is 2.22. The molecule has 0 bridgehead atoms. The average Bonchev–Trinajstić information content (AvgIpc) is 2.80. The number of nitrogen functional groups attached to an aromatic ring is 1. The largest absolute Gasteiger partial charge is 0.491 e. The maximum Gasteiger partial charge on any atom is 0.251 e. The van der Waals surface area contributed by atoms with Gasteiger partial charge in [0.1, 0.15) is 0 Å². The van der Waals surface area contributed by atoms with Gasteiger partial charge in [0.15, 0.2) is 5.75 Å². The first-order valence-corrected chi connectivity index (χ1v) is 5.60. The van der Waals surface area contributed by atoms with E-state index < -0.39 is 0 Å². The third-order valence-electron chi connectivity index (χ3n) is 2.33. The highest BCUT2D eigenvalue weighted by molar-refractivity contribution is 5.72. The molecule has 0 fully saturated rings. The average molecular weight is 233 g/mol. The Balaban J connectivity index is 2.46. The Morgan fingerprint density at radius 1 is 1.29 bits per heavy atom. The maximum atomic E-state index is 5.87. The first-order chi connectivity index (χ1) is 8.26. The van der Waals surface area contributed by atoms with E-state index in [1.165, 1.54) is 0 Å². The van der Waals surface area contributed by atoms with E-state index in [0.717, 1.165) is 5.56 Å². The summed E-state index contributed by atoms with van der Waals surface area (Å²) < 4.78 is 11.0. The number of nitrogens with two attached hydrogens (primary N) is 1. The lowest BCUT2D eigenvalue weighted by molar-refractivity contribution is 0.342. The zero-order chi connectivity index (χ0) is 12.3. The van der Waals surface area contributed by atoms with Crippen molar-refractivity contribution in [2.75, 3.05) is 12.3 Å². The number of para-hydroxylation sites is 1. The molecule has 5 nitrogen and oxygen atoms in total. The predicted octanol–water partition coefficient (Wildman–Crippen LogP) is 2.28. The molecule has 1 heterocycles. The van der Waals surface area contributed by atoms with Crippen molar-refractivity contribution in [3.8, 4) is 17.2 Å². The lowest BCUT2D eigenvalue weighted by Crippen LogP contribution is -1.99. The van der Waals surface area contributed by atoms with E-state index in [0.29, 0.717) is 36.2 Å². The van der Waals surface area contributed by atoms with Gasteiger partial charge in [-0.1, -0.05) is 13.0 Å². The number of hydrogen-bond acceptors (Lipinski definition) is 5. The van der Waals surface area contributed by atoms with Gasteiger partial charge in [-0.15, -0.1) is 10.2 Å². The molecule has 0 aliphatic heterocycles. The van der Waals surface area contributed by atoms with Crippen LogP contribution in [0.25, 0.3) is 11.5 Å². The van der Waals surface area contributed by atoms with Gasteiger partial charge in [0, 0.05) is 6.42 Å². The molecular formula is C12H15N3O2. The Labute approximate surface area is 99.6 Å². The Morgan fingerprint density at radius 3 is 2.76 bits per heavy atom. The third-order valence-corrected chi connectivity index (χ3v) is 2.33. The topological polar surface area (TPSA) is 74.2 Å². The highest BCUT2D eigenvalue weighted by atomic mass is 16.5. The van der Waals surface area contributed by atoms with Crippen LogP contribution in [-0.2, 0) is 6.42 Å². The van der Waals surface area contributed by atoms with E-state index in [1.54, 1.807) is 6.07 Å². The Morgan fingerprint density at radius 2 is 2.12 bits per heavy atom. The number of hydrogen-bond donors (Lipinski definition) is 1. The van der Waals surface area contributed by atoms with Crippen LogP contribution in [0.1, 0.15) is 19.7 Å². The number of anilines is 1. The second-order valence-corrected chi connectivity index (χ2v) is 3.51. The molecule has 0 amide bonds. The van der Waals surface area contributed by atoms with Crippen LogP contribution in [0.5, 0.6) is 5.75 Å². The summed E-state index contributed by atoms with van der Waals surface area (Å²) in [6.45, 7) is 4.40. The van der Waals surface area contributed by atoms with Crippen molar-refractivity contribution in [3.63, 3.8) is 0 Å². The zero-order valence-corrected chi connectivity index (χ0v) is 9.93. The lowest BCUT2D eigenvalue weighted by atomic mass is 10.1. The van der Waals surface area contributed by atoms with Crippen LogP contribution < -0.4 is 10.5 Å². The van der Waals surface area contributed by atoms with Crippen LogP contribution in [0.2, 0.25) is 0 Å². The number of aromatic nitrogens is 2. The summed E-state index contributed by atoms with van der Waals surface area (Å²) in [6, 6.07) is 5.48. The Hall–Kier alpha value is -2.04. The first-order valence-electron chi connectivity index (χ1n) is 5.60. The summed E-state index contributed by atoms with van der Waals surface area (Å²) in [5, 5.41) is 7.92. The molecule has 0 spiro atoms. The van der Waals surface area contributed by atoms with Crippen molar-refractivity contribution in [2.24, 2.45) is 0 Å². The molecule has 0 saturated carbocycles. The van der Waals surface area contributed by atoms with Crippen LogP contribution in [0, 0.1) is 0 Å².